The van der Waals surface area contributed by atoms with Gasteiger partial charge in [0.25, 0.3) is 0 Å². The molecule has 3 rings (SSSR count). The van der Waals surface area contributed by atoms with Gasteiger partial charge < -0.3 is 9.64 Å². The van der Waals surface area contributed by atoms with Gasteiger partial charge in [0.2, 0.25) is 5.91 Å². The highest BCUT2D eigenvalue weighted by atomic mass is 32.1. The maximum absolute atomic E-state index is 12.3. The third-order valence-electron chi connectivity index (χ3n) is 4.42. The molecule has 0 saturated carbocycles. The van der Waals surface area contributed by atoms with Crippen LogP contribution in [0, 0.1) is 5.92 Å². The maximum Gasteiger partial charge on any atom is 0.308 e. The maximum atomic E-state index is 12.3. The molecule has 1 aromatic heterocycles. The monoisotopic (exact) mass is 355 g/mol. The van der Waals surface area contributed by atoms with Crippen molar-refractivity contribution in [2.75, 3.05) is 20.2 Å². The zero-order chi connectivity index (χ0) is 17.6. The summed E-state index contributed by atoms with van der Waals surface area (Å²) in [6.07, 6.45) is 4.83. The van der Waals surface area contributed by atoms with Crippen LogP contribution in [-0.2, 0) is 14.3 Å². The van der Waals surface area contributed by atoms with E-state index in [9.17, 15) is 9.59 Å². The average Bonchev–Trinajstić information content (AvgIpc) is 3.15. The van der Waals surface area contributed by atoms with Crippen molar-refractivity contribution in [3.63, 3.8) is 0 Å². The highest BCUT2D eigenvalue weighted by Gasteiger charge is 2.26. The molecule has 1 saturated heterocycles. The summed E-state index contributed by atoms with van der Waals surface area (Å²) in [4.78, 5) is 27.9. The van der Waals surface area contributed by atoms with Crippen LogP contribution in [0.5, 0.6) is 0 Å². The largest absolute Gasteiger partial charge is 0.469 e. The van der Waals surface area contributed by atoms with Crippen LogP contribution < -0.4 is 0 Å². The number of piperidine rings is 1. The Kier molecular flexibility index (Phi) is 5.66. The van der Waals surface area contributed by atoms with Gasteiger partial charge in [-0.05, 0) is 36.6 Å². The van der Waals surface area contributed by atoms with Crippen molar-refractivity contribution in [3.05, 3.63) is 53.4 Å². The average molecular weight is 355 g/mol. The fourth-order valence-electron chi connectivity index (χ4n) is 2.96. The topological polar surface area (TPSA) is 46.6 Å². The van der Waals surface area contributed by atoms with Gasteiger partial charge >= 0.3 is 5.97 Å². The Balaban J connectivity index is 1.57. The molecule has 4 nitrogen and oxygen atoms in total. The first kappa shape index (κ1) is 17.4. The first-order valence-electron chi connectivity index (χ1n) is 8.37. The number of nitrogens with zero attached hydrogens (tertiary/aromatic N) is 1. The van der Waals surface area contributed by atoms with E-state index in [1.54, 1.807) is 22.3 Å². The van der Waals surface area contributed by atoms with Crippen LogP contribution in [0.25, 0.3) is 16.5 Å². The second-order valence-corrected chi connectivity index (χ2v) is 7.14. The number of esters is 1. The molecule has 0 bridgehead atoms. The summed E-state index contributed by atoms with van der Waals surface area (Å²) in [7, 11) is 1.41. The van der Waals surface area contributed by atoms with Gasteiger partial charge in [-0.25, -0.2) is 0 Å². The number of hydrogen-bond acceptors (Lipinski definition) is 4. The second kappa shape index (κ2) is 8.12. The van der Waals surface area contributed by atoms with Gasteiger partial charge in [0.1, 0.15) is 0 Å². The van der Waals surface area contributed by atoms with Gasteiger partial charge in [0, 0.05) is 28.9 Å². The molecule has 0 unspecified atom stereocenters. The predicted molar refractivity (Wildman–Crippen MR) is 100 cm³/mol. The summed E-state index contributed by atoms with van der Waals surface area (Å²) in [5.74, 6) is -0.253. The van der Waals surface area contributed by atoms with Gasteiger partial charge in [-0.1, -0.05) is 30.3 Å². The lowest BCUT2D eigenvalue weighted by Crippen LogP contribution is -2.39. The molecule has 1 amide bonds. The van der Waals surface area contributed by atoms with Crippen LogP contribution in [0.2, 0.25) is 0 Å². The van der Waals surface area contributed by atoms with E-state index in [1.807, 2.05) is 30.3 Å². The Morgan fingerprint density at radius 3 is 2.52 bits per heavy atom. The Hall–Kier alpha value is -2.40. The lowest BCUT2D eigenvalue weighted by Gasteiger charge is -2.29. The summed E-state index contributed by atoms with van der Waals surface area (Å²) >= 11 is 1.66. The van der Waals surface area contributed by atoms with E-state index in [1.165, 1.54) is 17.6 Å². The molecule has 1 fully saturated rings. The second-order valence-electron chi connectivity index (χ2n) is 6.02. The highest BCUT2D eigenvalue weighted by molar-refractivity contribution is 7.16. The lowest BCUT2D eigenvalue weighted by atomic mass is 9.97. The fourth-order valence-corrected chi connectivity index (χ4v) is 3.88. The molecule has 130 valence electrons. The van der Waals surface area contributed by atoms with Crippen LogP contribution in [0.1, 0.15) is 17.7 Å². The third-order valence-corrected chi connectivity index (χ3v) is 5.52. The zero-order valence-corrected chi connectivity index (χ0v) is 15.0. The van der Waals surface area contributed by atoms with Crippen LogP contribution in [0.3, 0.4) is 0 Å². The highest BCUT2D eigenvalue weighted by Crippen LogP contribution is 2.28. The number of thiophene rings is 1. The van der Waals surface area contributed by atoms with Crippen molar-refractivity contribution >= 4 is 29.3 Å². The molecule has 0 aliphatic carbocycles. The molecule has 0 N–H and O–H groups in total. The number of methoxy groups -OCH3 is 1. The molecule has 5 heteroatoms. The standard InChI is InChI=1S/C20H21NO3S/c1-24-20(23)16-11-13-21(14-12-16)19(22)10-8-17-7-9-18(25-17)15-5-3-2-4-6-15/h2-10,16H,11-14H2,1H3/b10-8+. The van der Waals surface area contributed by atoms with Crippen molar-refractivity contribution in [1.82, 2.24) is 4.90 Å². The third kappa shape index (κ3) is 4.37. The van der Waals surface area contributed by atoms with Crippen molar-refractivity contribution in [2.45, 2.75) is 12.8 Å². The van der Waals surface area contributed by atoms with Gasteiger partial charge in [-0.15, -0.1) is 11.3 Å². The number of hydrogen-bond donors (Lipinski definition) is 0. The minimum absolute atomic E-state index is 0.00187. The van der Waals surface area contributed by atoms with E-state index in [-0.39, 0.29) is 17.8 Å². The Morgan fingerprint density at radius 1 is 1.12 bits per heavy atom. The number of benzene rings is 1. The fraction of sp³-hybridized carbons (Fsp3) is 0.300. The lowest BCUT2D eigenvalue weighted by molar-refractivity contribution is -0.148. The summed E-state index contributed by atoms with van der Waals surface area (Å²) in [5, 5.41) is 0. The molecule has 0 atom stereocenters. The minimum atomic E-state index is -0.172. The molecule has 1 aliphatic heterocycles. The van der Waals surface area contributed by atoms with Crippen LogP contribution in [0.15, 0.2) is 48.5 Å². The number of rotatable bonds is 4. The summed E-state index contributed by atoms with van der Waals surface area (Å²) in [5.41, 5.74) is 1.18. The number of likely N-dealkylation sites (tertiary alicyclic amines) is 1. The summed E-state index contributed by atoms with van der Waals surface area (Å²) < 4.78 is 4.77. The van der Waals surface area contributed by atoms with Crippen LogP contribution in [-0.4, -0.2) is 37.0 Å². The van der Waals surface area contributed by atoms with Crippen molar-refractivity contribution in [1.29, 1.82) is 0 Å². The smallest absolute Gasteiger partial charge is 0.308 e. The molecule has 25 heavy (non-hydrogen) atoms. The van der Waals surface area contributed by atoms with E-state index in [0.717, 1.165) is 4.88 Å². The van der Waals surface area contributed by atoms with Crippen LogP contribution in [0.4, 0.5) is 0 Å². The van der Waals surface area contributed by atoms with E-state index in [4.69, 9.17) is 4.74 Å². The van der Waals surface area contributed by atoms with Gasteiger partial charge in [0.15, 0.2) is 0 Å². The van der Waals surface area contributed by atoms with E-state index in [2.05, 4.69) is 18.2 Å². The molecule has 1 aliphatic rings. The molecule has 1 aromatic carbocycles. The Bertz CT molecular complexity index is 758. The number of amides is 1. The van der Waals surface area contributed by atoms with Gasteiger partial charge in [-0.3, -0.25) is 9.59 Å². The SMILES string of the molecule is COC(=O)C1CCN(C(=O)/C=C/c2ccc(-c3ccccc3)s2)CC1. The Morgan fingerprint density at radius 2 is 1.84 bits per heavy atom. The molecular weight excluding hydrogens is 334 g/mol. The van der Waals surface area contributed by atoms with Gasteiger partial charge in [0.05, 0.1) is 13.0 Å². The van der Waals surface area contributed by atoms with Gasteiger partial charge in [-0.2, -0.15) is 0 Å². The molecule has 2 heterocycles. The number of carbonyl (C=O) groups is 2. The molecule has 0 radical (unpaired) electrons. The zero-order valence-electron chi connectivity index (χ0n) is 14.2. The molecular formula is C20H21NO3S. The predicted octanol–water partition coefficient (Wildman–Crippen LogP) is 3.84. The van der Waals surface area contributed by atoms with Crippen molar-refractivity contribution in [3.8, 4) is 10.4 Å². The summed E-state index contributed by atoms with van der Waals surface area (Å²) in [6, 6.07) is 14.3. The quantitative estimate of drug-likeness (QED) is 0.618. The normalized spacial score (nSPS) is 15.5. The first-order chi connectivity index (χ1) is 12.2. The van der Waals surface area contributed by atoms with Crippen LogP contribution >= 0.6 is 11.3 Å². The van der Waals surface area contributed by atoms with Crippen molar-refractivity contribution in [2.24, 2.45) is 5.92 Å². The number of carbonyl (C=O) groups excluding carboxylic acids is 2. The Labute approximate surface area is 151 Å². The first-order valence-corrected chi connectivity index (χ1v) is 9.19. The minimum Gasteiger partial charge on any atom is -0.469 e. The summed E-state index contributed by atoms with van der Waals surface area (Å²) in [6.45, 7) is 1.20. The number of ether oxygens (including phenoxy) is 1. The van der Waals surface area contributed by atoms with Crippen molar-refractivity contribution < 1.29 is 14.3 Å². The van der Waals surface area contributed by atoms with E-state index < -0.39 is 0 Å². The molecule has 0 spiro atoms. The molecule has 2 aromatic rings. The van der Waals surface area contributed by atoms with E-state index in [0.29, 0.717) is 25.9 Å². The van der Waals surface area contributed by atoms with E-state index >= 15 is 0 Å².